The van der Waals surface area contributed by atoms with Gasteiger partial charge in [-0.1, -0.05) is 44.9 Å². The summed E-state index contributed by atoms with van der Waals surface area (Å²) in [6.45, 7) is 7.98. The van der Waals surface area contributed by atoms with Crippen molar-refractivity contribution in [1.29, 1.82) is 0 Å². The van der Waals surface area contributed by atoms with Crippen LogP contribution in [0.1, 0.15) is 46.5 Å². The fourth-order valence-electron chi connectivity index (χ4n) is 1.39. The Kier molecular flexibility index (Phi) is 8.46. The van der Waals surface area contributed by atoms with Gasteiger partial charge in [0.25, 0.3) is 0 Å². The number of nitrogens with zero attached hydrogens (tertiary/aromatic N) is 1. The molecule has 0 aromatic rings. The van der Waals surface area contributed by atoms with Crippen molar-refractivity contribution in [2.24, 2.45) is 0 Å². The normalized spacial score (nSPS) is 11.5. The summed E-state index contributed by atoms with van der Waals surface area (Å²) >= 11 is 0. The average Bonchev–Trinajstić information content (AvgIpc) is 2.14. The molecule has 0 rings (SSSR count). The van der Waals surface area contributed by atoms with Gasteiger partial charge in [0, 0.05) is 0 Å². The van der Waals surface area contributed by atoms with Crippen LogP contribution in [0, 0.1) is 0 Å². The van der Waals surface area contributed by atoms with Crippen LogP contribution < -0.4 is 0 Å². The minimum atomic E-state index is -0.0811. The van der Waals surface area contributed by atoms with Crippen LogP contribution in [-0.4, -0.2) is 27.8 Å². The predicted octanol–water partition coefficient (Wildman–Crippen LogP) is 2.51. The molecule has 13 heavy (non-hydrogen) atoms. The minimum Gasteiger partial charge on any atom is -0.328 e. The van der Waals surface area contributed by atoms with Crippen LogP contribution in [0.25, 0.3) is 0 Å². The van der Waals surface area contributed by atoms with Gasteiger partial charge in [0.2, 0.25) is 0 Å². The molecule has 0 saturated carbocycles. The van der Waals surface area contributed by atoms with Gasteiger partial charge in [-0.05, 0) is 26.4 Å². The van der Waals surface area contributed by atoms with Crippen LogP contribution >= 0.6 is 0 Å². The van der Waals surface area contributed by atoms with Crippen molar-refractivity contribution in [2.75, 3.05) is 13.6 Å². The van der Waals surface area contributed by atoms with Crippen LogP contribution in [0.3, 0.4) is 0 Å². The zero-order valence-corrected chi connectivity index (χ0v) is 11.2. The lowest BCUT2D eigenvalue weighted by Gasteiger charge is -2.11. The van der Waals surface area contributed by atoms with E-state index < -0.39 is 0 Å². The molecule has 2 heteroatoms. The first-order valence-electron chi connectivity index (χ1n) is 5.61. The molecule has 0 aliphatic carbocycles. The number of rotatable bonds is 7. The molecular weight excluding hydrogens is 174 g/mol. The fraction of sp³-hybridized carbons (Fsp3) is 0.818. The van der Waals surface area contributed by atoms with Crippen molar-refractivity contribution in [3.63, 3.8) is 0 Å². The van der Waals surface area contributed by atoms with Gasteiger partial charge in [-0.2, -0.15) is 0 Å². The van der Waals surface area contributed by atoms with E-state index in [0.717, 1.165) is 0 Å². The lowest BCUT2D eigenvalue weighted by molar-refractivity contribution is 0.572. The summed E-state index contributed by atoms with van der Waals surface area (Å²) < 4.78 is 2.48. The molecule has 0 aromatic heterocycles. The quantitative estimate of drug-likeness (QED) is 0.570. The maximum atomic E-state index is 2.55. The van der Waals surface area contributed by atoms with Gasteiger partial charge < -0.3 is 4.57 Å². The molecule has 0 spiro atoms. The molecule has 0 amide bonds. The van der Waals surface area contributed by atoms with E-state index in [0.29, 0.717) is 0 Å². The van der Waals surface area contributed by atoms with Crippen LogP contribution in [0.2, 0.25) is 0 Å². The largest absolute Gasteiger partial charge is 0.328 e. The van der Waals surface area contributed by atoms with Crippen molar-refractivity contribution in [1.82, 2.24) is 4.57 Å². The Morgan fingerprint density at radius 1 is 1.15 bits per heavy atom. The second kappa shape index (κ2) is 8.51. The Labute approximate surface area is 86.1 Å². The van der Waals surface area contributed by atoms with Gasteiger partial charge in [-0.25, -0.2) is 0 Å². The first-order valence-corrected chi connectivity index (χ1v) is 7.05. The smallest absolute Gasteiger partial charge is 0.119 e. The molecule has 0 unspecified atom stereocenters. The van der Waals surface area contributed by atoms with E-state index in [-0.39, 0.29) is 9.68 Å². The zero-order chi connectivity index (χ0) is 10.1. The standard InChI is InChI=1S/C11H25NSi/c1-5-8-11(9-6-2)10-13-12(4)7-3/h10H,5-9,13H2,1-4H3. The lowest BCUT2D eigenvalue weighted by Crippen LogP contribution is -2.21. The van der Waals surface area contributed by atoms with Gasteiger partial charge in [0.1, 0.15) is 9.68 Å². The minimum absolute atomic E-state index is 0.0811. The van der Waals surface area contributed by atoms with Crippen molar-refractivity contribution < 1.29 is 0 Å². The third-order valence-electron chi connectivity index (χ3n) is 2.37. The average molecular weight is 199 g/mol. The number of hydrogen-bond donors (Lipinski definition) is 0. The SMILES string of the molecule is CCCC(=C[SiH2]N(C)CC)CCC. The Morgan fingerprint density at radius 3 is 2.08 bits per heavy atom. The molecule has 0 atom stereocenters. The summed E-state index contributed by atoms with van der Waals surface area (Å²) in [5, 5.41) is 0. The summed E-state index contributed by atoms with van der Waals surface area (Å²) in [4.78, 5) is 0. The van der Waals surface area contributed by atoms with Gasteiger partial charge >= 0.3 is 0 Å². The number of hydrogen-bond acceptors (Lipinski definition) is 1. The Hall–Kier alpha value is -0.0831. The highest BCUT2D eigenvalue weighted by molar-refractivity contribution is 6.38. The van der Waals surface area contributed by atoms with Gasteiger partial charge in [0.05, 0.1) is 0 Å². The maximum absolute atomic E-state index is 2.55. The summed E-state index contributed by atoms with van der Waals surface area (Å²) in [6.07, 6.45) is 5.24. The van der Waals surface area contributed by atoms with Gasteiger partial charge in [-0.15, -0.1) is 0 Å². The van der Waals surface area contributed by atoms with Crippen LogP contribution in [0.4, 0.5) is 0 Å². The predicted molar refractivity (Wildman–Crippen MR) is 64.7 cm³/mol. The number of allylic oxidation sites excluding steroid dienone is 1. The summed E-state index contributed by atoms with van der Waals surface area (Å²) in [5.74, 6) is 0. The third-order valence-corrected chi connectivity index (χ3v) is 4.20. The maximum Gasteiger partial charge on any atom is 0.119 e. The van der Waals surface area contributed by atoms with E-state index in [4.69, 9.17) is 0 Å². The molecule has 78 valence electrons. The molecular formula is C11H25NSi. The van der Waals surface area contributed by atoms with Crippen LogP contribution in [0.5, 0.6) is 0 Å². The topological polar surface area (TPSA) is 3.24 Å². The third kappa shape index (κ3) is 7.02. The molecule has 0 N–H and O–H groups in total. The molecule has 0 aromatic carbocycles. The Bertz CT molecular complexity index is 135. The molecule has 0 bridgehead atoms. The van der Waals surface area contributed by atoms with E-state index in [2.05, 4.69) is 38.1 Å². The summed E-state index contributed by atoms with van der Waals surface area (Å²) in [5.41, 5.74) is 4.26. The fourth-order valence-corrected chi connectivity index (χ4v) is 2.62. The molecule has 0 aliphatic rings. The van der Waals surface area contributed by atoms with Crippen LogP contribution in [0.15, 0.2) is 11.3 Å². The first-order chi connectivity index (χ1) is 6.24. The Morgan fingerprint density at radius 2 is 1.69 bits per heavy atom. The van der Waals surface area contributed by atoms with E-state index in [1.807, 2.05) is 0 Å². The van der Waals surface area contributed by atoms with Crippen molar-refractivity contribution in [2.45, 2.75) is 46.5 Å². The highest BCUT2D eigenvalue weighted by Crippen LogP contribution is 2.11. The van der Waals surface area contributed by atoms with Gasteiger partial charge in [0.15, 0.2) is 0 Å². The Balaban J connectivity index is 3.86. The summed E-state index contributed by atoms with van der Waals surface area (Å²) in [7, 11) is 2.15. The second-order valence-corrected chi connectivity index (χ2v) is 5.57. The zero-order valence-electron chi connectivity index (χ0n) is 9.77. The van der Waals surface area contributed by atoms with Crippen LogP contribution in [-0.2, 0) is 0 Å². The van der Waals surface area contributed by atoms with E-state index in [1.54, 1.807) is 5.57 Å². The highest BCUT2D eigenvalue weighted by Gasteiger charge is 1.96. The second-order valence-electron chi connectivity index (χ2n) is 3.72. The van der Waals surface area contributed by atoms with Crippen molar-refractivity contribution in [3.05, 3.63) is 11.3 Å². The molecule has 1 nitrogen and oxygen atoms in total. The van der Waals surface area contributed by atoms with E-state index in [9.17, 15) is 0 Å². The molecule has 0 heterocycles. The van der Waals surface area contributed by atoms with Gasteiger partial charge in [-0.3, -0.25) is 0 Å². The molecule has 0 fully saturated rings. The van der Waals surface area contributed by atoms with Crippen molar-refractivity contribution in [3.8, 4) is 0 Å². The van der Waals surface area contributed by atoms with E-state index >= 15 is 0 Å². The molecule has 0 saturated heterocycles. The molecule has 0 radical (unpaired) electrons. The summed E-state index contributed by atoms with van der Waals surface area (Å²) in [6, 6.07) is 0. The molecule has 0 aliphatic heterocycles. The van der Waals surface area contributed by atoms with Crippen molar-refractivity contribution >= 4 is 9.68 Å². The van der Waals surface area contributed by atoms with E-state index in [1.165, 1.54) is 32.2 Å². The first kappa shape index (κ1) is 12.9. The highest BCUT2D eigenvalue weighted by atomic mass is 28.2. The lowest BCUT2D eigenvalue weighted by atomic mass is 10.1. The monoisotopic (exact) mass is 199 g/mol.